The third-order valence-electron chi connectivity index (χ3n) is 3.13. The number of rotatable bonds is 8. The molecule has 0 aromatic heterocycles. The van der Waals surface area contributed by atoms with Crippen molar-refractivity contribution in [1.29, 1.82) is 0 Å². The number of carboxylic acids is 1. The highest BCUT2D eigenvalue weighted by Crippen LogP contribution is 2.21. The van der Waals surface area contributed by atoms with Gasteiger partial charge in [0.05, 0.1) is 6.54 Å². The first-order chi connectivity index (χ1) is 12.1. The Balaban J connectivity index is 5.53. The Morgan fingerprint density at radius 1 is 0.926 bits per heavy atom. The van der Waals surface area contributed by atoms with E-state index in [0.717, 1.165) is 0 Å². The van der Waals surface area contributed by atoms with E-state index in [1.165, 1.54) is 6.92 Å². The summed E-state index contributed by atoms with van der Waals surface area (Å²) in [4.78, 5) is 47.4. The minimum absolute atomic E-state index is 0.0242. The summed E-state index contributed by atoms with van der Waals surface area (Å²) >= 11 is 0. The molecule has 27 heavy (non-hydrogen) atoms. The third-order valence-corrected chi connectivity index (χ3v) is 3.13. The maximum Gasteiger partial charge on any atom is 0.407 e. The van der Waals surface area contributed by atoms with E-state index in [1.54, 1.807) is 41.5 Å². The number of ether oxygens (including phenoxy) is 2. The Morgan fingerprint density at radius 2 is 1.44 bits per heavy atom. The van der Waals surface area contributed by atoms with E-state index in [2.05, 4.69) is 10.6 Å². The molecule has 1 atom stereocenters. The second-order valence-corrected chi connectivity index (χ2v) is 8.37. The molecular formula is C18H32N2O7. The molecular weight excluding hydrogens is 356 g/mol. The molecule has 156 valence electrons. The Bertz CT molecular complexity index is 561. The number of amides is 2. The van der Waals surface area contributed by atoms with Crippen LogP contribution in [0.25, 0.3) is 0 Å². The zero-order valence-electron chi connectivity index (χ0n) is 17.2. The van der Waals surface area contributed by atoms with Gasteiger partial charge in [0.25, 0.3) is 0 Å². The van der Waals surface area contributed by atoms with Crippen LogP contribution in [0, 0.1) is 0 Å². The molecule has 0 heterocycles. The van der Waals surface area contributed by atoms with Crippen LogP contribution in [0.1, 0.15) is 67.7 Å². The van der Waals surface area contributed by atoms with Crippen molar-refractivity contribution >= 4 is 23.9 Å². The molecule has 9 heteroatoms. The molecule has 2 amide bonds. The van der Waals surface area contributed by atoms with E-state index < -0.39 is 40.7 Å². The van der Waals surface area contributed by atoms with Gasteiger partial charge in [-0.2, -0.15) is 0 Å². The van der Waals surface area contributed by atoms with Gasteiger partial charge in [0.15, 0.2) is 5.54 Å². The van der Waals surface area contributed by atoms with Crippen LogP contribution in [0.5, 0.6) is 0 Å². The number of carbonyl (C=O) groups excluding carboxylic acids is 3. The molecule has 3 N–H and O–H groups in total. The summed E-state index contributed by atoms with van der Waals surface area (Å²) in [7, 11) is 0. The number of esters is 1. The largest absolute Gasteiger partial charge is 0.481 e. The average molecular weight is 388 g/mol. The molecule has 0 radical (unpaired) electrons. The first-order valence-corrected chi connectivity index (χ1v) is 8.77. The molecule has 0 rings (SSSR count). The van der Waals surface area contributed by atoms with Gasteiger partial charge in [-0.1, -0.05) is 0 Å². The third kappa shape index (κ3) is 11.1. The molecule has 0 aliphatic rings. The van der Waals surface area contributed by atoms with Gasteiger partial charge in [-0.15, -0.1) is 0 Å². The SMILES string of the molecule is CC(=O)NC(CCCC(=O)O)(CNC(=O)OC(C)(C)C)C(=O)OC(C)(C)C. The molecule has 0 saturated carbocycles. The van der Waals surface area contributed by atoms with Crippen molar-refractivity contribution in [2.24, 2.45) is 0 Å². The van der Waals surface area contributed by atoms with Crippen molar-refractivity contribution in [1.82, 2.24) is 10.6 Å². The lowest BCUT2D eigenvalue weighted by molar-refractivity contribution is -0.165. The van der Waals surface area contributed by atoms with E-state index in [0.29, 0.717) is 0 Å². The van der Waals surface area contributed by atoms with Gasteiger partial charge in [0.1, 0.15) is 11.2 Å². The smallest absolute Gasteiger partial charge is 0.407 e. The number of hydrogen-bond acceptors (Lipinski definition) is 6. The molecule has 9 nitrogen and oxygen atoms in total. The van der Waals surface area contributed by atoms with Crippen LogP contribution in [0.2, 0.25) is 0 Å². The normalized spacial score (nSPS) is 13.9. The van der Waals surface area contributed by atoms with Gasteiger partial charge in [0.2, 0.25) is 5.91 Å². The summed E-state index contributed by atoms with van der Waals surface area (Å²) in [5.41, 5.74) is -3.18. The fourth-order valence-electron chi connectivity index (χ4n) is 2.21. The number of carboxylic acid groups (broad SMARTS) is 1. The van der Waals surface area contributed by atoms with Crippen LogP contribution in [0.3, 0.4) is 0 Å². The van der Waals surface area contributed by atoms with Crippen molar-refractivity contribution in [3.63, 3.8) is 0 Å². The first-order valence-electron chi connectivity index (χ1n) is 8.77. The van der Waals surface area contributed by atoms with Crippen molar-refractivity contribution in [3.8, 4) is 0 Å². The average Bonchev–Trinajstić information content (AvgIpc) is 2.39. The predicted octanol–water partition coefficient (Wildman–Crippen LogP) is 1.98. The summed E-state index contributed by atoms with van der Waals surface area (Å²) in [6.45, 7) is 11.0. The molecule has 0 saturated heterocycles. The van der Waals surface area contributed by atoms with Gasteiger partial charge >= 0.3 is 18.0 Å². The summed E-state index contributed by atoms with van der Waals surface area (Å²) < 4.78 is 10.6. The fourth-order valence-corrected chi connectivity index (χ4v) is 2.21. The van der Waals surface area contributed by atoms with Crippen LogP contribution in [-0.2, 0) is 23.9 Å². The summed E-state index contributed by atoms with van der Waals surface area (Å²) in [6, 6.07) is 0. The molecule has 1 unspecified atom stereocenters. The van der Waals surface area contributed by atoms with Gasteiger partial charge in [0, 0.05) is 13.3 Å². The van der Waals surface area contributed by atoms with Crippen molar-refractivity contribution in [2.75, 3.05) is 6.54 Å². The summed E-state index contributed by atoms with van der Waals surface area (Å²) in [6.07, 6.45) is -0.885. The maximum atomic E-state index is 12.8. The molecule has 0 fully saturated rings. The predicted molar refractivity (Wildman–Crippen MR) is 98.1 cm³/mol. The van der Waals surface area contributed by atoms with E-state index in [-0.39, 0.29) is 25.8 Å². The van der Waals surface area contributed by atoms with Gasteiger partial charge in [-0.25, -0.2) is 9.59 Å². The minimum atomic E-state index is -1.61. The molecule has 0 aliphatic carbocycles. The van der Waals surface area contributed by atoms with E-state index in [1.807, 2.05) is 0 Å². The lowest BCUT2D eigenvalue weighted by atomic mass is 9.91. The molecule has 0 aromatic rings. The number of alkyl carbamates (subject to hydrolysis) is 1. The standard InChI is InChI=1S/C18H32N2O7/c1-12(21)20-18(10-8-9-13(22)23,14(24)26-16(2,3)4)11-19-15(25)27-17(5,6)7/h8-11H2,1-7H3,(H,19,25)(H,20,21)(H,22,23). The van der Waals surface area contributed by atoms with Gasteiger partial charge in [-0.05, 0) is 54.4 Å². The summed E-state index contributed by atoms with van der Waals surface area (Å²) in [5.74, 6) is -2.30. The van der Waals surface area contributed by atoms with Gasteiger partial charge < -0.3 is 25.2 Å². The monoisotopic (exact) mass is 388 g/mol. The number of aliphatic carboxylic acids is 1. The Morgan fingerprint density at radius 3 is 1.85 bits per heavy atom. The van der Waals surface area contributed by atoms with Crippen molar-refractivity contribution in [2.45, 2.75) is 84.5 Å². The van der Waals surface area contributed by atoms with Crippen LogP contribution in [0.15, 0.2) is 0 Å². The van der Waals surface area contributed by atoms with Crippen LogP contribution < -0.4 is 10.6 Å². The molecule has 0 bridgehead atoms. The quantitative estimate of drug-likeness (QED) is 0.542. The van der Waals surface area contributed by atoms with E-state index >= 15 is 0 Å². The number of hydrogen-bond donors (Lipinski definition) is 3. The maximum absolute atomic E-state index is 12.8. The van der Waals surface area contributed by atoms with E-state index in [9.17, 15) is 19.2 Å². The highest BCUT2D eigenvalue weighted by molar-refractivity contribution is 5.88. The molecule has 0 aliphatic heterocycles. The minimum Gasteiger partial charge on any atom is -0.481 e. The Hall–Kier alpha value is -2.32. The van der Waals surface area contributed by atoms with Crippen LogP contribution in [-0.4, -0.2) is 52.3 Å². The van der Waals surface area contributed by atoms with Crippen molar-refractivity contribution in [3.05, 3.63) is 0 Å². The second-order valence-electron chi connectivity index (χ2n) is 8.37. The van der Waals surface area contributed by atoms with Crippen molar-refractivity contribution < 1.29 is 33.8 Å². The highest BCUT2D eigenvalue weighted by atomic mass is 16.6. The topological polar surface area (TPSA) is 131 Å². The lowest BCUT2D eigenvalue weighted by Gasteiger charge is -2.35. The Labute approximate surface area is 160 Å². The fraction of sp³-hybridized carbons (Fsp3) is 0.778. The van der Waals surface area contributed by atoms with E-state index in [4.69, 9.17) is 14.6 Å². The zero-order chi connectivity index (χ0) is 21.5. The van der Waals surface area contributed by atoms with Crippen LogP contribution >= 0.6 is 0 Å². The highest BCUT2D eigenvalue weighted by Gasteiger charge is 2.43. The zero-order valence-corrected chi connectivity index (χ0v) is 17.2. The van der Waals surface area contributed by atoms with Crippen LogP contribution in [0.4, 0.5) is 4.79 Å². The summed E-state index contributed by atoms with van der Waals surface area (Å²) in [5, 5.41) is 13.9. The number of carbonyl (C=O) groups is 4. The lowest BCUT2D eigenvalue weighted by Crippen LogP contribution is -2.62. The Kier molecular flexibility index (Phi) is 8.75. The molecule has 0 aromatic carbocycles. The second kappa shape index (κ2) is 9.57. The number of nitrogens with one attached hydrogen (secondary N) is 2. The first kappa shape index (κ1) is 24.7. The molecule has 0 spiro atoms. The van der Waals surface area contributed by atoms with Gasteiger partial charge in [-0.3, -0.25) is 9.59 Å².